The Bertz CT molecular complexity index is 220. The van der Waals surface area contributed by atoms with Gasteiger partial charge in [0.2, 0.25) is 5.91 Å². The van der Waals surface area contributed by atoms with Crippen molar-refractivity contribution in [3.05, 3.63) is 0 Å². The molecule has 1 amide bonds. The minimum atomic E-state index is -1.10. The fourth-order valence-electron chi connectivity index (χ4n) is 0.933. The summed E-state index contributed by atoms with van der Waals surface area (Å²) in [6, 6.07) is -0.184. The Balaban J connectivity index is 3.83. The Morgan fingerprint density at radius 3 is 2.53 bits per heavy atom. The summed E-state index contributed by atoms with van der Waals surface area (Å²) in [5, 5.41) is 11.1. The van der Waals surface area contributed by atoms with E-state index in [0.29, 0.717) is 6.42 Å². The number of carboxylic acids is 1. The van der Waals surface area contributed by atoms with Gasteiger partial charge < -0.3 is 20.9 Å². The van der Waals surface area contributed by atoms with E-state index in [1.165, 1.54) is 7.11 Å². The first-order valence-electron chi connectivity index (χ1n) is 4.79. The van der Waals surface area contributed by atoms with E-state index in [1.807, 2.05) is 6.92 Å². The zero-order valence-electron chi connectivity index (χ0n) is 9.03. The lowest BCUT2D eigenvalue weighted by atomic mass is 10.1. The summed E-state index contributed by atoms with van der Waals surface area (Å²) in [5.74, 6) is -1.36. The third-order valence-corrected chi connectivity index (χ3v) is 2.02. The molecule has 0 radical (unpaired) electrons. The number of carbonyl (C=O) groups excluding carboxylic acids is 1. The fraction of sp³-hybridized carbons (Fsp3) is 0.778. The van der Waals surface area contributed by atoms with Gasteiger partial charge in [-0.05, 0) is 6.42 Å². The third-order valence-electron chi connectivity index (χ3n) is 2.02. The smallest absolute Gasteiger partial charge is 0.334 e. The largest absolute Gasteiger partial charge is 0.479 e. The van der Waals surface area contributed by atoms with Crippen LogP contribution in [0, 0.1) is 0 Å². The molecule has 4 N–H and O–H groups in total. The number of carbonyl (C=O) groups is 2. The van der Waals surface area contributed by atoms with Crippen LogP contribution in [-0.4, -0.2) is 42.8 Å². The average Bonchev–Trinajstić information content (AvgIpc) is 2.17. The minimum absolute atomic E-state index is 0.0406. The van der Waals surface area contributed by atoms with Crippen LogP contribution in [-0.2, 0) is 14.3 Å². The molecule has 0 aliphatic carbocycles. The van der Waals surface area contributed by atoms with Gasteiger partial charge in [0, 0.05) is 19.6 Å². The number of hydrogen-bond acceptors (Lipinski definition) is 4. The first-order chi connectivity index (χ1) is 7.01. The summed E-state index contributed by atoms with van der Waals surface area (Å²) < 4.78 is 4.65. The van der Waals surface area contributed by atoms with E-state index in [2.05, 4.69) is 10.1 Å². The molecule has 0 aromatic rings. The molecule has 0 heterocycles. The van der Waals surface area contributed by atoms with Crippen LogP contribution in [0.25, 0.3) is 0 Å². The molecule has 0 fully saturated rings. The second kappa shape index (κ2) is 7.19. The highest BCUT2D eigenvalue weighted by atomic mass is 16.5. The van der Waals surface area contributed by atoms with Crippen molar-refractivity contribution in [3.63, 3.8) is 0 Å². The number of nitrogens with one attached hydrogen (secondary N) is 1. The van der Waals surface area contributed by atoms with Gasteiger partial charge in [0.15, 0.2) is 6.10 Å². The van der Waals surface area contributed by atoms with Crippen LogP contribution in [0.4, 0.5) is 0 Å². The van der Waals surface area contributed by atoms with E-state index >= 15 is 0 Å². The molecule has 0 aliphatic rings. The van der Waals surface area contributed by atoms with Crippen molar-refractivity contribution < 1.29 is 19.4 Å². The van der Waals surface area contributed by atoms with Crippen molar-refractivity contribution in [2.75, 3.05) is 13.7 Å². The molecular weight excluding hydrogens is 200 g/mol. The van der Waals surface area contributed by atoms with Crippen LogP contribution >= 0.6 is 0 Å². The number of ether oxygens (including phenoxy) is 1. The van der Waals surface area contributed by atoms with E-state index in [0.717, 1.165) is 0 Å². The lowest BCUT2D eigenvalue weighted by Gasteiger charge is -2.13. The molecule has 6 heteroatoms. The summed E-state index contributed by atoms with van der Waals surface area (Å²) in [6.07, 6.45) is -0.0983. The number of carboxylic acid groups (broad SMARTS) is 1. The maximum Gasteiger partial charge on any atom is 0.334 e. The topological polar surface area (TPSA) is 102 Å². The zero-order valence-corrected chi connectivity index (χ0v) is 9.03. The summed E-state index contributed by atoms with van der Waals surface area (Å²) in [6.45, 7) is 1.84. The third kappa shape index (κ3) is 6.03. The Labute approximate surface area is 88.8 Å². The molecular formula is C9H18N2O4. The monoisotopic (exact) mass is 218 g/mol. The second-order valence-corrected chi connectivity index (χ2v) is 3.24. The van der Waals surface area contributed by atoms with Crippen LogP contribution in [0.2, 0.25) is 0 Å². The Hall–Kier alpha value is -1.14. The van der Waals surface area contributed by atoms with Crippen molar-refractivity contribution in [2.24, 2.45) is 5.73 Å². The molecule has 0 bridgehead atoms. The van der Waals surface area contributed by atoms with Crippen molar-refractivity contribution >= 4 is 11.9 Å². The van der Waals surface area contributed by atoms with Gasteiger partial charge in [0.05, 0.1) is 6.54 Å². The van der Waals surface area contributed by atoms with Crippen LogP contribution in [0.1, 0.15) is 19.8 Å². The first-order valence-corrected chi connectivity index (χ1v) is 4.79. The van der Waals surface area contributed by atoms with Crippen molar-refractivity contribution in [1.82, 2.24) is 5.32 Å². The van der Waals surface area contributed by atoms with Gasteiger partial charge in [-0.3, -0.25) is 4.79 Å². The van der Waals surface area contributed by atoms with Crippen molar-refractivity contribution in [1.29, 1.82) is 0 Å². The average molecular weight is 218 g/mol. The number of nitrogens with two attached hydrogens (primary N) is 1. The van der Waals surface area contributed by atoms with E-state index in [4.69, 9.17) is 10.8 Å². The van der Waals surface area contributed by atoms with Gasteiger partial charge in [-0.25, -0.2) is 4.79 Å². The molecule has 15 heavy (non-hydrogen) atoms. The predicted octanol–water partition coefficient (Wildman–Crippen LogP) is -0.670. The number of aliphatic carboxylic acids is 1. The van der Waals surface area contributed by atoms with Crippen LogP contribution < -0.4 is 11.1 Å². The first kappa shape index (κ1) is 13.9. The number of rotatable bonds is 7. The van der Waals surface area contributed by atoms with Crippen molar-refractivity contribution in [3.8, 4) is 0 Å². The normalized spacial score (nSPS) is 14.3. The molecule has 0 rings (SSSR count). The summed E-state index contributed by atoms with van der Waals surface area (Å²) in [4.78, 5) is 21.7. The predicted molar refractivity (Wildman–Crippen MR) is 54.3 cm³/mol. The van der Waals surface area contributed by atoms with Crippen LogP contribution in [0.3, 0.4) is 0 Å². The lowest BCUT2D eigenvalue weighted by Crippen LogP contribution is -2.39. The highest BCUT2D eigenvalue weighted by molar-refractivity contribution is 5.78. The molecule has 2 unspecified atom stereocenters. The van der Waals surface area contributed by atoms with E-state index < -0.39 is 12.1 Å². The molecule has 2 atom stereocenters. The molecule has 0 aliphatic heterocycles. The van der Waals surface area contributed by atoms with Gasteiger partial charge >= 0.3 is 5.97 Å². The molecule has 6 nitrogen and oxygen atoms in total. The molecule has 0 saturated carbocycles. The Morgan fingerprint density at radius 2 is 2.13 bits per heavy atom. The maximum atomic E-state index is 11.2. The van der Waals surface area contributed by atoms with Gasteiger partial charge in [-0.1, -0.05) is 6.92 Å². The summed E-state index contributed by atoms with van der Waals surface area (Å²) in [7, 11) is 1.28. The summed E-state index contributed by atoms with van der Waals surface area (Å²) in [5.41, 5.74) is 5.56. The fourth-order valence-corrected chi connectivity index (χ4v) is 0.933. The van der Waals surface area contributed by atoms with Gasteiger partial charge in [-0.15, -0.1) is 0 Å². The van der Waals surface area contributed by atoms with E-state index in [9.17, 15) is 9.59 Å². The van der Waals surface area contributed by atoms with Crippen molar-refractivity contribution in [2.45, 2.75) is 31.9 Å². The number of hydrogen-bond donors (Lipinski definition) is 3. The Kier molecular flexibility index (Phi) is 6.64. The van der Waals surface area contributed by atoms with E-state index in [-0.39, 0.29) is 24.9 Å². The van der Waals surface area contributed by atoms with Gasteiger partial charge in [0.25, 0.3) is 0 Å². The van der Waals surface area contributed by atoms with E-state index in [1.54, 1.807) is 0 Å². The Morgan fingerprint density at radius 1 is 1.53 bits per heavy atom. The minimum Gasteiger partial charge on any atom is -0.479 e. The molecule has 88 valence electrons. The quantitative estimate of drug-likeness (QED) is 0.526. The zero-order chi connectivity index (χ0) is 11.8. The SMILES string of the molecule is CCC(N)CC(=O)NCC(OC)C(=O)O. The molecule has 0 aromatic carbocycles. The van der Waals surface area contributed by atoms with Gasteiger partial charge in [0.1, 0.15) is 0 Å². The maximum absolute atomic E-state index is 11.2. The molecule has 0 aromatic heterocycles. The molecule has 0 spiro atoms. The number of methoxy groups -OCH3 is 1. The molecule has 0 saturated heterocycles. The lowest BCUT2D eigenvalue weighted by molar-refractivity contribution is -0.148. The highest BCUT2D eigenvalue weighted by Gasteiger charge is 2.17. The van der Waals surface area contributed by atoms with Crippen LogP contribution in [0.5, 0.6) is 0 Å². The van der Waals surface area contributed by atoms with Crippen LogP contribution in [0.15, 0.2) is 0 Å². The highest BCUT2D eigenvalue weighted by Crippen LogP contribution is 1.94. The van der Waals surface area contributed by atoms with Gasteiger partial charge in [-0.2, -0.15) is 0 Å². The summed E-state index contributed by atoms with van der Waals surface area (Å²) >= 11 is 0. The standard InChI is InChI=1S/C9H18N2O4/c1-3-6(10)4-8(12)11-5-7(15-2)9(13)14/h6-7H,3-5,10H2,1-2H3,(H,11,12)(H,13,14). The second-order valence-electron chi connectivity index (χ2n) is 3.24. The number of amides is 1.